The second-order valence-electron chi connectivity index (χ2n) is 6.12. The fraction of sp³-hybridized carbons (Fsp3) is 0.625. The molecule has 0 aliphatic heterocycles. The summed E-state index contributed by atoms with van der Waals surface area (Å²) in [5, 5.41) is 3.66. The summed E-state index contributed by atoms with van der Waals surface area (Å²) in [4.78, 5) is 0. The van der Waals surface area contributed by atoms with E-state index in [1.807, 2.05) is 25.1 Å². The van der Waals surface area contributed by atoms with Gasteiger partial charge in [0, 0.05) is 17.8 Å². The molecule has 1 atom stereocenters. The lowest BCUT2D eigenvalue weighted by atomic mass is 9.73. The number of hydrogen-bond donors (Lipinski definition) is 2. The monoisotopic (exact) mass is 262 g/mol. The van der Waals surface area contributed by atoms with E-state index in [0.29, 0.717) is 23.8 Å². The maximum atomic E-state index is 5.91. The van der Waals surface area contributed by atoms with E-state index < -0.39 is 0 Å². The Kier molecular flexibility index (Phi) is 4.23. The van der Waals surface area contributed by atoms with Crippen LogP contribution in [-0.4, -0.2) is 12.6 Å². The Morgan fingerprint density at radius 3 is 2.84 bits per heavy atom. The second kappa shape index (κ2) is 5.72. The molecule has 1 aliphatic rings. The van der Waals surface area contributed by atoms with Gasteiger partial charge in [0.2, 0.25) is 0 Å². The highest BCUT2D eigenvalue weighted by Gasteiger charge is 2.32. The van der Waals surface area contributed by atoms with Crippen molar-refractivity contribution in [2.45, 2.75) is 52.5 Å². The van der Waals surface area contributed by atoms with Gasteiger partial charge in [0.15, 0.2) is 0 Å². The van der Waals surface area contributed by atoms with Crippen molar-refractivity contribution < 1.29 is 4.74 Å². The molecule has 2 rings (SSSR count). The Morgan fingerprint density at radius 1 is 1.37 bits per heavy atom. The smallest absolute Gasteiger partial charge is 0.144 e. The molecule has 0 bridgehead atoms. The zero-order chi connectivity index (χ0) is 13.9. The highest BCUT2D eigenvalue weighted by molar-refractivity contribution is 5.61. The Balaban J connectivity index is 2.12. The van der Waals surface area contributed by atoms with Crippen LogP contribution in [0.1, 0.15) is 46.5 Å². The van der Waals surface area contributed by atoms with Crippen LogP contribution >= 0.6 is 0 Å². The molecule has 106 valence electrons. The van der Waals surface area contributed by atoms with Gasteiger partial charge in [0.25, 0.3) is 0 Å². The molecule has 1 saturated carbocycles. The molecule has 1 aromatic rings. The van der Waals surface area contributed by atoms with Crippen LogP contribution in [0.15, 0.2) is 18.2 Å². The molecule has 3 N–H and O–H groups in total. The summed E-state index contributed by atoms with van der Waals surface area (Å²) in [7, 11) is 0. The number of nitrogens with one attached hydrogen (secondary N) is 1. The van der Waals surface area contributed by atoms with Crippen LogP contribution in [0.2, 0.25) is 0 Å². The number of rotatable bonds is 4. The van der Waals surface area contributed by atoms with Gasteiger partial charge in [-0.15, -0.1) is 0 Å². The van der Waals surface area contributed by atoms with E-state index in [9.17, 15) is 0 Å². The van der Waals surface area contributed by atoms with Gasteiger partial charge in [-0.25, -0.2) is 0 Å². The van der Waals surface area contributed by atoms with Crippen molar-refractivity contribution >= 4 is 11.4 Å². The Bertz CT molecular complexity index is 429. The fourth-order valence-corrected chi connectivity index (χ4v) is 2.87. The fourth-order valence-electron chi connectivity index (χ4n) is 2.87. The molecule has 3 heteroatoms. The minimum Gasteiger partial charge on any atom is -0.492 e. The molecule has 3 nitrogen and oxygen atoms in total. The molecule has 0 amide bonds. The first kappa shape index (κ1) is 14.0. The van der Waals surface area contributed by atoms with E-state index in [-0.39, 0.29) is 0 Å². The van der Waals surface area contributed by atoms with Crippen LogP contribution in [0.5, 0.6) is 5.75 Å². The third-order valence-electron chi connectivity index (χ3n) is 4.16. The first-order chi connectivity index (χ1) is 9.03. The maximum absolute atomic E-state index is 5.91. The Hall–Kier alpha value is -1.38. The lowest BCUT2D eigenvalue weighted by Crippen LogP contribution is -2.38. The molecule has 1 unspecified atom stereocenters. The SMILES string of the molecule is CCOc1cc(NC2CCCCC2(C)C)ccc1N. The van der Waals surface area contributed by atoms with Gasteiger partial charge < -0.3 is 15.8 Å². The molecule has 19 heavy (non-hydrogen) atoms. The Labute approximate surface area is 116 Å². The summed E-state index contributed by atoms with van der Waals surface area (Å²) < 4.78 is 5.55. The van der Waals surface area contributed by atoms with Gasteiger partial charge in [-0.3, -0.25) is 0 Å². The van der Waals surface area contributed by atoms with Crippen molar-refractivity contribution in [3.63, 3.8) is 0 Å². The zero-order valence-corrected chi connectivity index (χ0v) is 12.3. The first-order valence-electron chi connectivity index (χ1n) is 7.32. The minimum atomic E-state index is 0.353. The number of ether oxygens (including phenoxy) is 1. The van der Waals surface area contributed by atoms with Crippen molar-refractivity contribution in [1.29, 1.82) is 0 Å². The summed E-state index contributed by atoms with van der Waals surface area (Å²) in [6.07, 6.45) is 5.19. The van der Waals surface area contributed by atoms with Crippen LogP contribution in [0.25, 0.3) is 0 Å². The molecule has 0 aromatic heterocycles. The van der Waals surface area contributed by atoms with E-state index in [2.05, 4.69) is 19.2 Å². The molecule has 1 aromatic carbocycles. The van der Waals surface area contributed by atoms with Crippen molar-refractivity contribution in [3.05, 3.63) is 18.2 Å². The summed E-state index contributed by atoms with van der Waals surface area (Å²) in [5.41, 5.74) is 8.07. The number of nitrogen functional groups attached to an aromatic ring is 1. The van der Waals surface area contributed by atoms with Crippen molar-refractivity contribution in [2.75, 3.05) is 17.7 Å². The molecule has 0 radical (unpaired) electrons. The first-order valence-corrected chi connectivity index (χ1v) is 7.32. The highest BCUT2D eigenvalue weighted by Crippen LogP contribution is 2.38. The van der Waals surface area contributed by atoms with Crippen LogP contribution in [0, 0.1) is 5.41 Å². The van der Waals surface area contributed by atoms with Crippen molar-refractivity contribution in [2.24, 2.45) is 5.41 Å². The minimum absolute atomic E-state index is 0.353. The molecular weight excluding hydrogens is 236 g/mol. The lowest BCUT2D eigenvalue weighted by molar-refractivity contribution is 0.217. The molecule has 1 fully saturated rings. The third kappa shape index (κ3) is 3.34. The topological polar surface area (TPSA) is 47.3 Å². The predicted molar refractivity (Wildman–Crippen MR) is 81.7 cm³/mol. The Morgan fingerprint density at radius 2 is 2.16 bits per heavy atom. The van der Waals surface area contributed by atoms with Crippen LogP contribution in [0.4, 0.5) is 11.4 Å². The number of benzene rings is 1. The van der Waals surface area contributed by atoms with Gasteiger partial charge in [-0.2, -0.15) is 0 Å². The van der Waals surface area contributed by atoms with Crippen molar-refractivity contribution in [1.82, 2.24) is 0 Å². The largest absolute Gasteiger partial charge is 0.492 e. The molecular formula is C16H26N2O. The number of anilines is 2. The van der Waals surface area contributed by atoms with Gasteiger partial charge >= 0.3 is 0 Å². The van der Waals surface area contributed by atoms with Gasteiger partial charge in [-0.05, 0) is 37.3 Å². The average Bonchev–Trinajstić information content (AvgIpc) is 2.36. The summed E-state index contributed by atoms with van der Waals surface area (Å²) in [5.74, 6) is 0.779. The average molecular weight is 262 g/mol. The van der Waals surface area contributed by atoms with E-state index in [1.54, 1.807) is 0 Å². The van der Waals surface area contributed by atoms with Crippen LogP contribution in [0.3, 0.4) is 0 Å². The number of hydrogen-bond acceptors (Lipinski definition) is 3. The lowest BCUT2D eigenvalue weighted by Gasteiger charge is -2.39. The second-order valence-corrected chi connectivity index (χ2v) is 6.12. The third-order valence-corrected chi connectivity index (χ3v) is 4.16. The van der Waals surface area contributed by atoms with Crippen LogP contribution < -0.4 is 15.8 Å². The summed E-state index contributed by atoms with van der Waals surface area (Å²) >= 11 is 0. The van der Waals surface area contributed by atoms with E-state index in [0.717, 1.165) is 11.4 Å². The van der Waals surface area contributed by atoms with E-state index >= 15 is 0 Å². The maximum Gasteiger partial charge on any atom is 0.144 e. The standard InChI is InChI=1S/C16H26N2O/c1-4-19-14-11-12(8-9-13(14)17)18-15-7-5-6-10-16(15,2)3/h8-9,11,15,18H,4-7,10,17H2,1-3H3. The normalized spacial score (nSPS) is 21.9. The predicted octanol–water partition coefficient (Wildman–Crippen LogP) is 4.05. The molecule has 0 spiro atoms. The van der Waals surface area contributed by atoms with Crippen LogP contribution in [-0.2, 0) is 0 Å². The highest BCUT2D eigenvalue weighted by atomic mass is 16.5. The van der Waals surface area contributed by atoms with Gasteiger partial charge in [0.1, 0.15) is 5.75 Å². The van der Waals surface area contributed by atoms with Gasteiger partial charge in [-0.1, -0.05) is 26.7 Å². The molecule has 1 aliphatic carbocycles. The summed E-state index contributed by atoms with van der Waals surface area (Å²) in [6.45, 7) is 7.32. The zero-order valence-electron chi connectivity index (χ0n) is 12.3. The molecule has 0 heterocycles. The van der Waals surface area contributed by atoms with E-state index in [1.165, 1.54) is 25.7 Å². The van der Waals surface area contributed by atoms with E-state index in [4.69, 9.17) is 10.5 Å². The van der Waals surface area contributed by atoms with Crippen molar-refractivity contribution in [3.8, 4) is 5.75 Å². The number of nitrogens with two attached hydrogens (primary N) is 1. The van der Waals surface area contributed by atoms with Gasteiger partial charge in [0.05, 0.1) is 12.3 Å². The molecule has 0 saturated heterocycles. The summed E-state index contributed by atoms with van der Waals surface area (Å²) in [6, 6.07) is 6.51. The quantitative estimate of drug-likeness (QED) is 0.805.